The van der Waals surface area contributed by atoms with Crippen LogP contribution >= 0.6 is 0 Å². The number of benzene rings is 1. The highest BCUT2D eigenvalue weighted by Crippen LogP contribution is 2.28. The summed E-state index contributed by atoms with van der Waals surface area (Å²) in [6, 6.07) is 5.65. The fraction of sp³-hybridized carbons (Fsp3) is 0.400. The molecule has 1 rings (SSSR count). The topological polar surface area (TPSA) is 41.9 Å². The predicted octanol–water partition coefficient (Wildman–Crippen LogP) is 2.51. The van der Waals surface area contributed by atoms with Crippen LogP contribution in [0.15, 0.2) is 23.5 Å². The molecule has 0 aliphatic carbocycles. The lowest BCUT2D eigenvalue weighted by atomic mass is 10.2. The maximum absolute atomic E-state index is 10.4. The van der Waals surface area contributed by atoms with Crippen LogP contribution in [0, 0.1) is 11.8 Å². The van der Waals surface area contributed by atoms with Crippen molar-refractivity contribution in [1.82, 2.24) is 0 Å². The number of rotatable bonds is 4. The highest BCUT2D eigenvalue weighted by molar-refractivity contribution is 5.58. The molecule has 4 heteroatoms. The first-order valence-corrected chi connectivity index (χ1v) is 4.49. The summed E-state index contributed by atoms with van der Waals surface area (Å²) in [5.74, 6) is 0.681. The molecule has 0 fully saturated rings. The Kier molecular flexibility index (Phi) is 3.45. The molecule has 14 heavy (non-hydrogen) atoms. The van der Waals surface area contributed by atoms with Crippen molar-refractivity contribution in [2.75, 3.05) is 18.7 Å². The monoisotopic (exact) mass is 194 g/mol. The molecule has 0 spiro atoms. The van der Waals surface area contributed by atoms with E-state index < -0.39 is 0 Å². The van der Waals surface area contributed by atoms with Crippen LogP contribution in [0.1, 0.15) is 12.5 Å². The number of hydrogen-bond donors (Lipinski definition) is 0. The highest BCUT2D eigenvalue weighted by Gasteiger charge is 2.08. The lowest BCUT2D eigenvalue weighted by Crippen LogP contribution is -2.09. The van der Waals surface area contributed by atoms with E-state index in [0.29, 0.717) is 18.0 Å². The molecule has 0 saturated carbocycles. The van der Waals surface area contributed by atoms with Gasteiger partial charge in [-0.25, -0.2) is 5.01 Å². The SMILES string of the molecule is CCOc1ccc(C)cc1N(C)N=O. The minimum atomic E-state index is 0.572. The van der Waals surface area contributed by atoms with Gasteiger partial charge in [-0.2, -0.15) is 0 Å². The van der Waals surface area contributed by atoms with Crippen molar-refractivity contribution in [1.29, 1.82) is 0 Å². The van der Waals surface area contributed by atoms with Crippen molar-refractivity contribution in [3.05, 3.63) is 28.7 Å². The summed E-state index contributed by atoms with van der Waals surface area (Å²) in [7, 11) is 1.60. The van der Waals surface area contributed by atoms with Crippen LogP contribution in [-0.4, -0.2) is 13.7 Å². The number of aryl methyl sites for hydroxylation is 1. The second-order valence-electron chi connectivity index (χ2n) is 3.01. The lowest BCUT2D eigenvalue weighted by molar-refractivity contribution is 0.340. The molecule has 76 valence electrons. The van der Waals surface area contributed by atoms with E-state index >= 15 is 0 Å². The van der Waals surface area contributed by atoms with Gasteiger partial charge in [0.25, 0.3) is 0 Å². The smallest absolute Gasteiger partial charge is 0.144 e. The molecule has 0 radical (unpaired) electrons. The zero-order valence-electron chi connectivity index (χ0n) is 8.65. The molecule has 0 aliphatic heterocycles. The van der Waals surface area contributed by atoms with E-state index in [9.17, 15) is 4.91 Å². The largest absolute Gasteiger partial charge is 0.492 e. The minimum absolute atomic E-state index is 0.572. The van der Waals surface area contributed by atoms with E-state index in [1.165, 1.54) is 5.01 Å². The van der Waals surface area contributed by atoms with Gasteiger partial charge in [-0.1, -0.05) is 6.07 Å². The Hall–Kier alpha value is -1.58. The summed E-state index contributed by atoms with van der Waals surface area (Å²) in [5.41, 5.74) is 1.76. The molecule has 1 aromatic rings. The first-order chi connectivity index (χ1) is 6.69. The van der Waals surface area contributed by atoms with Gasteiger partial charge in [0.1, 0.15) is 11.4 Å². The molecule has 0 aromatic heterocycles. The van der Waals surface area contributed by atoms with E-state index in [2.05, 4.69) is 5.29 Å². The first kappa shape index (κ1) is 10.5. The third-order valence-electron chi connectivity index (χ3n) is 1.89. The molecule has 0 atom stereocenters. The van der Waals surface area contributed by atoms with Crippen LogP contribution in [0.4, 0.5) is 5.69 Å². The molecule has 0 N–H and O–H groups in total. The van der Waals surface area contributed by atoms with Crippen molar-refractivity contribution >= 4 is 5.69 Å². The predicted molar refractivity (Wildman–Crippen MR) is 56.5 cm³/mol. The minimum Gasteiger partial charge on any atom is -0.492 e. The molecule has 0 saturated heterocycles. The zero-order chi connectivity index (χ0) is 10.6. The Morgan fingerprint density at radius 2 is 2.21 bits per heavy atom. The average molecular weight is 194 g/mol. The maximum Gasteiger partial charge on any atom is 0.144 e. The molecule has 4 nitrogen and oxygen atoms in total. The van der Waals surface area contributed by atoms with Gasteiger partial charge in [0.05, 0.1) is 11.9 Å². The van der Waals surface area contributed by atoms with Gasteiger partial charge >= 0.3 is 0 Å². The Morgan fingerprint density at radius 3 is 2.79 bits per heavy atom. The second-order valence-corrected chi connectivity index (χ2v) is 3.01. The van der Waals surface area contributed by atoms with Crippen molar-refractivity contribution in [2.24, 2.45) is 5.29 Å². The normalized spacial score (nSPS) is 9.64. The zero-order valence-corrected chi connectivity index (χ0v) is 8.65. The molecule has 0 aliphatic rings. The van der Waals surface area contributed by atoms with Crippen LogP contribution in [0.3, 0.4) is 0 Å². The van der Waals surface area contributed by atoms with Crippen molar-refractivity contribution < 1.29 is 4.74 Å². The summed E-state index contributed by atoms with van der Waals surface area (Å²) < 4.78 is 5.37. The van der Waals surface area contributed by atoms with Gasteiger partial charge < -0.3 is 4.74 Å². The van der Waals surface area contributed by atoms with Crippen LogP contribution in [0.2, 0.25) is 0 Å². The van der Waals surface area contributed by atoms with Crippen molar-refractivity contribution in [3.8, 4) is 5.75 Å². The number of anilines is 1. The molecule has 0 unspecified atom stereocenters. The first-order valence-electron chi connectivity index (χ1n) is 4.49. The van der Waals surface area contributed by atoms with Crippen LogP contribution in [0.5, 0.6) is 5.75 Å². The summed E-state index contributed by atoms with van der Waals surface area (Å²) in [4.78, 5) is 10.4. The van der Waals surface area contributed by atoms with Crippen LogP contribution < -0.4 is 9.75 Å². The average Bonchev–Trinajstić information content (AvgIpc) is 2.20. The molecule has 1 aromatic carbocycles. The quantitative estimate of drug-likeness (QED) is 0.546. The van der Waals surface area contributed by atoms with Crippen LogP contribution in [-0.2, 0) is 0 Å². The molecular formula is C10H14N2O2. The van der Waals surface area contributed by atoms with Crippen molar-refractivity contribution in [2.45, 2.75) is 13.8 Å². The Labute approximate surface area is 83.4 Å². The number of nitroso groups, excluding NO2 is 1. The Bertz CT molecular complexity index is 326. The van der Waals surface area contributed by atoms with Gasteiger partial charge in [-0.15, -0.1) is 4.91 Å². The van der Waals surface area contributed by atoms with E-state index in [-0.39, 0.29) is 0 Å². The number of hydrogen-bond acceptors (Lipinski definition) is 3. The fourth-order valence-corrected chi connectivity index (χ4v) is 1.20. The second kappa shape index (κ2) is 4.60. The Balaban J connectivity index is 3.08. The maximum atomic E-state index is 10.4. The van der Waals surface area contributed by atoms with Gasteiger partial charge in [-0.05, 0) is 31.5 Å². The molecule has 0 heterocycles. The van der Waals surface area contributed by atoms with Gasteiger partial charge in [0.2, 0.25) is 0 Å². The highest BCUT2D eigenvalue weighted by atomic mass is 16.5. The van der Waals surface area contributed by atoms with Crippen LogP contribution in [0.25, 0.3) is 0 Å². The summed E-state index contributed by atoms with van der Waals surface area (Å²) in [5, 5.41) is 4.11. The van der Waals surface area contributed by atoms with Gasteiger partial charge in [0.15, 0.2) is 0 Å². The van der Waals surface area contributed by atoms with Gasteiger partial charge in [-0.3, -0.25) is 0 Å². The summed E-state index contributed by atoms with van der Waals surface area (Å²) in [6.07, 6.45) is 0. The van der Waals surface area contributed by atoms with Gasteiger partial charge in [0, 0.05) is 7.05 Å². The third-order valence-corrected chi connectivity index (χ3v) is 1.89. The van der Waals surface area contributed by atoms with E-state index in [0.717, 1.165) is 5.56 Å². The summed E-state index contributed by atoms with van der Waals surface area (Å²) in [6.45, 7) is 4.43. The van der Waals surface area contributed by atoms with Crippen molar-refractivity contribution in [3.63, 3.8) is 0 Å². The number of ether oxygens (including phenoxy) is 1. The number of nitrogens with zero attached hydrogens (tertiary/aromatic N) is 2. The molecule has 0 bridgehead atoms. The van der Waals surface area contributed by atoms with E-state index in [1.54, 1.807) is 7.05 Å². The fourth-order valence-electron chi connectivity index (χ4n) is 1.20. The van der Waals surface area contributed by atoms with E-state index in [1.807, 2.05) is 32.0 Å². The standard InChI is InChI=1S/C10H14N2O2/c1-4-14-10-6-5-8(2)7-9(10)12(3)11-13/h5-7H,4H2,1-3H3. The lowest BCUT2D eigenvalue weighted by Gasteiger charge is -2.14. The van der Waals surface area contributed by atoms with E-state index in [4.69, 9.17) is 4.74 Å². The third kappa shape index (κ3) is 2.22. The summed E-state index contributed by atoms with van der Waals surface area (Å²) >= 11 is 0. The molecular weight excluding hydrogens is 180 g/mol. The Morgan fingerprint density at radius 1 is 1.50 bits per heavy atom. The molecule has 0 amide bonds.